The number of carbonyl (C=O) groups is 1. The molecule has 1 aromatic rings. The number of hydrogen-bond donors (Lipinski definition) is 2. The van der Waals surface area contributed by atoms with Crippen molar-refractivity contribution < 1.29 is 9.90 Å². The Morgan fingerprint density at radius 1 is 1.47 bits per heavy atom. The highest BCUT2D eigenvalue weighted by molar-refractivity contribution is 5.93. The number of nitrogens with zero attached hydrogens (tertiary/aromatic N) is 2. The Bertz CT molecular complexity index is 483. The summed E-state index contributed by atoms with van der Waals surface area (Å²) < 4.78 is 0. The summed E-state index contributed by atoms with van der Waals surface area (Å²) in [5.74, 6) is -0.275. The van der Waals surface area contributed by atoms with Gasteiger partial charge in [-0.25, -0.2) is 9.78 Å². The number of anilines is 1. The normalized spacial score (nSPS) is 26.8. The standard InChI is InChI=1S/C14H19N3O2/c18-13(19)11-3-1-7-16-12(11)17-8-5-14(10-17)4-2-6-15-9-14/h1,3,7,15H,2,4-6,8-10H2,(H,18,19)/t14-/m1/s1. The van der Waals surface area contributed by atoms with Crippen molar-refractivity contribution in [1.29, 1.82) is 0 Å². The molecule has 5 heteroatoms. The summed E-state index contributed by atoms with van der Waals surface area (Å²) in [4.78, 5) is 17.7. The molecule has 0 amide bonds. The van der Waals surface area contributed by atoms with Crippen molar-refractivity contribution in [3.63, 3.8) is 0 Å². The van der Waals surface area contributed by atoms with Crippen LogP contribution in [0.25, 0.3) is 0 Å². The summed E-state index contributed by atoms with van der Waals surface area (Å²) in [6.45, 7) is 3.96. The van der Waals surface area contributed by atoms with Gasteiger partial charge >= 0.3 is 5.97 Å². The van der Waals surface area contributed by atoms with Crippen LogP contribution in [0, 0.1) is 5.41 Å². The molecule has 0 aromatic carbocycles. The molecule has 3 rings (SSSR count). The molecule has 2 saturated heterocycles. The van der Waals surface area contributed by atoms with Crippen LogP contribution in [0.5, 0.6) is 0 Å². The fraction of sp³-hybridized carbons (Fsp3) is 0.571. The second-order valence-corrected chi connectivity index (χ2v) is 5.63. The first-order chi connectivity index (χ1) is 9.20. The third-order valence-corrected chi connectivity index (χ3v) is 4.32. The predicted octanol–water partition coefficient (Wildman–Crippen LogP) is 1.36. The van der Waals surface area contributed by atoms with E-state index < -0.39 is 5.97 Å². The molecule has 2 N–H and O–H groups in total. The van der Waals surface area contributed by atoms with Crippen molar-refractivity contribution in [2.24, 2.45) is 5.41 Å². The van der Waals surface area contributed by atoms with Crippen LogP contribution < -0.4 is 10.2 Å². The molecule has 3 heterocycles. The first kappa shape index (κ1) is 12.4. The Labute approximate surface area is 112 Å². The van der Waals surface area contributed by atoms with Gasteiger partial charge in [-0.15, -0.1) is 0 Å². The van der Waals surface area contributed by atoms with Crippen LogP contribution >= 0.6 is 0 Å². The van der Waals surface area contributed by atoms with Crippen LogP contribution in [0.4, 0.5) is 5.82 Å². The summed E-state index contributed by atoms with van der Waals surface area (Å²) in [7, 11) is 0. The van der Waals surface area contributed by atoms with Crippen LogP contribution in [0.1, 0.15) is 29.6 Å². The molecule has 0 radical (unpaired) electrons. The van der Waals surface area contributed by atoms with E-state index in [4.69, 9.17) is 0 Å². The Morgan fingerprint density at radius 2 is 2.37 bits per heavy atom. The second-order valence-electron chi connectivity index (χ2n) is 5.63. The molecule has 102 valence electrons. The highest BCUT2D eigenvalue weighted by Gasteiger charge is 2.40. The first-order valence-corrected chi connectivity index (χ1v) is 6.84. The van der Waals surface area contributed by atoms with E-state index in [1.165, 1.54) is 12.8 Å². The lowest BCUT2D eigenvalue weighted by molar-refractivity contribution is 0.0697. The number of aromatic nitrogens is 1. The van der Waals surface area contributed by atoms with Crippen LogP contribution in [0.15, 0.2) is 18.3 Å². The lowest BCUT2D eigenvalue weighted by Crippen LogP contribution is -2.42. The van der Waals surface area contributed by atoms with Gasteiger partial charge in [0, 0.05) is 31.2 Å². The second kappa shape index (κ2) is 4.81. The number of carboxylic acid groups (broad SMARTS) is 1. The van der Waals surface area contributed by atoms with E-state index in [1.54, 1.807) is 18.3 Å². The van der Waals surface area contributed by atoms with Gasteiger partial charge in [0.15, 0.2) is 0 Å². The number of aromatic carboxylic acids is 1. The zero-order valence-electron chi connectivity index (χ0n) is 10.9. The van der Waals surface area contributed by atoms with E-state index >= 15 is 0 Å². The van der Waals surface area contributed by atoms with E-state index in [2.05, 4.69) is 15.2 Å². The Kier molecular flexibility index (Phi) is 3.14. The van der Waals surface area contributed by atoms with Gasteiger partial charge in [-0.3, -0.25) is 0 Å². The molecule has 19 heavy (non-hydrogen) atoms. The third-order valence-electron chi connectivity index (χ3n) is 4.32. The maximum Gasteiger partial charge on any atom is 0.339 e. The monoisotopic (exact) mass is 261 g/mol. The van der Waals surface area contributed by atoms with Crippen molar-refractivity contribution in [3.05, 3.63) is 23.9 Å². The highest BCUT2D eigenvalue weighted by Crippen LogP contribution is 2.38. The fourth-order valence-corrected chi connectivity index (χ4v) is 3.31. The first-order valence-electron chi connectivity index (χ1n) is 6.84. The average molecular weight is 261 g/mol. The highest BCUT2D eigenvalue weighted by atomic mass is 16.4. The van der Waals surface area contributed by atoms with Gasteiger partial charge in [0.2, 0.25) is 0 Å². The van der Waals surface area contributed by atoms with Crippen molar-refractivity contribution in [2.45, 2.75) is 19.3 Å². The van der Waals surface area contributed by atoms with E-state index in [0.29, 0.717) is 16.8 Å². The zero-order chi connectivity index (χ0) is 13.3. The molecule has 5 nitrogen and oxygen atoms in total. The molecule has 1 spiro atoms. The maximum absolute atomic E-state index is 11.3. The number of hydrogen-bond acceptors (Lipinski definition) is 4. The van der Waals surface area contributed by atoms with Crippen molar-refractivity contribution in [3.8, 4) is 0 Å². The average Bonchev–Trinajstić information content (AvgIpc) is 2.83. The number of carboxylic acids is 1. The summed E-state index contributed by atoms with van der Waals surface area (Å²) in [6, 6.07) is 3.32. The number of pyridine rings is 1. The zero-order valence-corrected chi connectivity index (χ0v) is 10.9. The fourth-order valence-electron chi connectivity index (χ4n) is 3.31. The maximum atomic E-state index is 11.3. The number of nitrogens with one attached hydrogen (secondary N) is 1. The molecule has 2 aliphatic rings. The lowest BCUT2D eigenvalue weighted by atomic mass is 9.80. The molecular weight excluding hydrogens is 242 g/mol. The molecule has 1 aromatic heterocycles. The summed E-state index contributed by atoms with van der Waals surface area (Å²) in [6.07, 6.45) is 5.23. The lowest BCUT2D eigenvalue weighted by Gasteiger charge is -2.34. The quantitative estimate of drug-likeness (QED) is 0.841. The minimum atomic E-state index is -0.897. The molecule has 2 fully saturated rings. The van der Waals surface area contributed by atoms with E-state index in [9.17, 15) is 9.90 Å². The van der Waals surface area contributed by atoms with Crippen LogP contribution in [-0.4, -0.2) is 42.2 Å². The number of piperidine rings is 1. The van der Waals surface area contributed by atoms with Gasteiger partial charge in [-0.2, -0.15) is 0 Å². The molecule has 0 saturated carbocycles. The van der Waals surface area contributed by atoms with Gasteiger partial charge in [0.05, 0.1) is 0 Å². The summed E-state index contributed by atoms with van der Waals surface area (Å²) in [5.41, 5.74) is 0.620. The Morgan fingerprint density at radius 3 is 3.11 bits per heavy atom. The van der Waals surface area contributed by atoms with E-state index in [1.807, 2.05) is 0 Å². The van der Waals surface area contributed by atoms with Crippen LogP contribution in [0.3, 0.4) is 0 Å². The summed E-state index contributed by atoms with van der Waals surface area (Å²) in [5, 5.41) is 12.7. The molecule has 2 aliphatic heterocycles. The molecular formula is C14H19N3O2. The number of rotatable bonds is 2. The molecule has 1 atom stereocenters. The van der Waals surface area contributed by atoms with E-state index in [0.717, 1.165) is 32.6 Å². The van der Waals surface area contributed by atoms with Crippen molar-refractivity contribution in [2.75, 3.05) is 31.1 Å². The van der Waals surface area contributed by atoms with Crippen LogP contribution in [0.2, 0.25) is 0 Å². The van der Waals surface area contributed by atoms with Gasteiger partial charge in [-0.05, 0) is 37.9 Å². The largest absolute Gasteiger partial charge is 0.478 e. The third kappa shape index (κ3) is 2.30. The van der Waals surface area contributed by atoms with Gasteiger partial charge in [0.1, 0.15) is 11.4 Å². The van der Waals surface area contributed by atoms with Gasteiger partial charge in [0.25, 0.3) is 0 Å². The minimum absolute atomic E-state index is 0.309. The minimum Gasteiger partial charge on any atom is -0.478 e. The molecule has 0 unspecified atom stereocenters. The van der Waals surface area contributed by atoms with Gasteiger partial charge in [-0.1, -0.05) is 0 Å². The van der Waals surface area contributed by atoms with Crippen LogP contribution in [-0.2, 0) is 0 Å². The van der Waals surface area contributed by atoms with Gasteiger partial charge < -0.3 is 15.3 Å². The van der Waals surface area contributed by atoms with Crippen molar-refractivity contribution >= 4 is 11.8 Å². The topological polar surface area (TPSA) is 65.5 Å². The predicted molar refractivity (Wildman–Crippen MR) is 72.6 cm³/mol. The van der Waals surface area contributed by atoms with E-state index in [-0.39, 0.29) is 0 Å². The van der Waals surface area contributed by atoms with Crippen molar-refractivity contribution in [1.82, 2.24) is 10.3 Å². The molecule has 0 aliphatic carbocycles. The smallest absolute Gasteiger partial charge is 0.339 e. The Balaban J connectivity index is 1.83. The SMILES string of the molecule is O=C(O)c1cccnc1N1CC[C@@]2(CCCNC2)C1. The molecule has 0 bridgehead atoms. The Hall–Kier alpha value is -1.62. The summed E-state index contributed by atoms with van der Waals surface area (Å²) >= 11 is 0.